The lowest BCUT2D eigenvalue weighted by Crippen LogP contribution is -2.68. The zero-order valence-electron chi connectivity index (χ0n) is 29.5. The quantitative estimate of drug-likeness (QED) is 0.0683. The van der Waals surface area contributed by atoms with Crippen LogP contribution in [0.3, 0.4) is 0 Å². The van der Waals surface area contributed by atoms with Crippen molar-refractivity contribution in [3.05, 3.63) is 157 Å². The molecule has 0 bridgehead atoms. The van der Waals surface area contributed by atoms with Crippen LogP contribution in [0.15, 0.2) is 150 Å². The van der Waals surface area contributed by atoms with Gasteiger partial charge in [0.05, 0.1) is 13.0 Å². The van der Waals surface area contributed by atoms with Crippen molar-refractivity contribution in [1.82, 2.24) is 4.98 Å². The first-order valence-corrected chi connectivity index (χ1v) is 19.3. The molecule has 6 rings (SSSR count). The van der Waals surface area contributed by atoms with Crippen molar-refractivity contribution < 1.29 is 23.2 Å². The molecule has 51 heavy (non-hydrogen) atoms. The van der Waals surface area contributed by atoms with Gasteiger partial charge in [-0.2, -0.15) is 0 Å². The molecule has 5 aromatic carbocycles. The molecule has 0 saturated heterocycles. The van der Waals surface area contributed by atoms with E-state index < -0.39 is 20.2 Å². The number of hydrogen-bond donors (Lipinski definition) is 0. The highest BCUT2D eigenvalue weighted by Crippen LogP contribution is 2.38. The van der Waals surface area contributed by atoms with Crippen molar-refractivity contribution in [2.75, 3.05) is 6.61 Å². The molecule has 0 amide bonds. The third-order valence-corrected chi connectivity index (χ3v) is 14.1. The van der Waals surface area contributed by atoms with Crippen LogP contribution in [0.25, 0.3) is 22.6 Å². The van der Waals surface area contributed by atoms with E-state index in [4.69, 9.17) is 13.6 Å². The zero-order chi connectivity index (χ0) is 35.8. The van der Waals surface area contributed by atoms with Crippen LogP contribution < -0.4 is 14.8 Å². The van der Waals surface area contributed by atoms with Gasteiger partial charge >= 0.3 is 14.3 Å². The Morgan fingerprint density at radius 2 is 1.29 bits per heavy atom. The summed E-state index contributed by atoms with van der Waals surface area (Å²) in [4.78, 5) is 31.4. The third kappa shape index (κ3) is 7.94. The average molecular weight is 694 g/mol. The summed E-state index contributed by atoms with van der Waals surface area (Å²) in [5.41, 5.74) is 3.97. The number of nitrogens with zero attached hydrogens (tertiary/aromatic N) is 1. The molecule has 0 aliphatic rings. The number of Topliss-reactive ketones (excluding diaryl/α,β-unsaturated/α-hetero) is 1. The van der Waals surface area contributed by atoms with E-state index in [0.717, 1.165) is 22.3 Å². The molecule has 0 aliphatic heterocycles. The lowest BCUT2D eigenvalue weighted by Gasteiger charge is -2.43. The number of benzene rings is 5. The monoisotopic (exact) mass is 693 g/mol. The van der Waals surface area contributed by atoms with E-state index in [-0.39, 0.29) is 29.5 Å². The van der Waals surface area contributed by atoms with Gasteiger partial charge in [-0.1, -0.05) is 136 Å². The molecule has 0 radical (unpaired) electrons. The summed E-state index contributed by atoms with van der Waals surface area (Å²) in [5, 5.41) is 2.11. The number of aromatic nitrogens is 1. The van der Waals surface area contributed by atoms with Crippen molar-refractivity contribution in [3.63, 3.8) is 0 Å². The lowest BCUT2D eigenvalue weighted by atomic mass is 9.91. The average Bonchev–Trinajstić information content (AvgIpc) is 3.65. The number of esters is 1. The van der Waals surface area contributed by atoms with E-state index in [2.05, 4.69) is 86.4 Å². The largest absolute Gasteiger partial charge is 0.534 e. The number of hydrogen-bond acceptors (Lipinski definition) is 6. The molecule has 0 saturated carbocycles. The Kier molecular flexibility index (Phi) is 10.8. The van der Waals surface area contributed by atoms with E-state index in [1.54, 1.807) is 6.92 Å². The van der Waals surface area contributed by atoms with Gasteiger partial charge in [-0.15, -0.1) is 0 Å². The fourth-order valence-corrected chi connectivity index (χ4v) is 11.1. The summed E-state index contributed by atoms with van der Waals surface area (Å²) in [7, 11) is -2.88. The van der Waals surface area contributed by atoms with Crippen LogP contribution in [0.4, 0.5) is 0 Å². The maximum atomic E-state index is 14.0. The van der Waals surface area contributed by atoms with Gasteiger partial charge in [0.2, 0.25) is 5.89 Å². The van der Waals surface area contributed by atoms with Crippen LogP contribution in [0.1, 0.15) is 50.2 Å². The molecular formula is C44H43NO5Si. The molecular weight excluding hydrogens is 651 g/mol. The van der Waals surface area contributed by atoms with Gasteiger partial charge < -0.3 is 13.6 Å². The number of oxazole rings is 1. The molecule has 0 spiro atoms. The number of ketones is 1. The third-order valence-electron chi connectivity index (χ3n) is 9.15. The first-order chi connectivity index (χ1) is 24.7. The second-order valence-corrected chi connectivity index (χ2v) is 17.9. The minimum Gasteiger partial charge on any atom is -0.534 e. The normalized spacial score (nSPS) is 12.2. The highest BCUT2D eigenvalue weighted by atomic mass is 28.4. The Morgan fingerprint density at radius 3 is 1.88 bits per heavy atom. The molecule has 6 nitrogen and oxygen atoms in total. The second-order valence-electron chi connectivity index (χ2n) is 13.7. The molecule has 1 aromatic heterocycles. The highest BCUT2D eigenvalue weighted by Gasteiger charge is 2.52. The molecule has 7 heteroatoms. The van der Waals surface area contributed by atoms with Crippen LogP contribution in [0, 0.1) is 5.92 Å². The van der Waals surface area contributed by atoms with Crippen molar-refractivity contribution >= 4 is 30.4 Å². The fourth-order valence-electron chi connectivity index (χ4n) is 6.69. The van der Waals surface area contributed by atoms with Crippen molar-refractivity contribution in [2.45, 2.75) is 45.6 Å². The topological polar surface area (TPSA) is 78.6 Å². The highest BCUT2D eigenvalue weighted by molar-refractivity contribution is 7.00. The predicted octanol–water partition coefficient (Wildman–Crippen LogP) is 8.94. The molecule has 6 aromatic rings. The van der Waals surface area contributed by atoms with Crippen molar-refractivity contribution in [2.24, 2.45) is 5.92 Å². The van der Waals surface area contributed by atoms with E-state index >= 15 is 0 Å². The lowest BCUT2D eigenvalue weighted by molar-refractivity contribution is -0.143. The summed E-state index contributed by atoms with van der Waals surface area (Å²) in [6.07, 6.45) is 1.59. The number of ether oxygens (including phenoxy) is 1. The first-order valence-electron chi connectivity index (χ1n) is 17.4. The maximum absolute atomic E-state index is 14.0. The minimum atomic E-state index is -2.88. The first kappa shape index (κ1) is 35.3. The molecule has 0 fully saturated rings. The molecule has 1 atom stereocenters. The predicted molar refractivity (Wildman–Crippen MR) is 205 cm³/mol. The Bertz CT molecular complexity index is 2010. The van der Waals surface area contributed by atoms with E-state index in [9.17, 15) is 9.59 Å². The standard InChI is InChI=1S/C44H43NO5Si/c1-5-48-41(46)30-36(42(47)40-31-49-43(45-40)35-26-24-34(25-27-35)33-17-9-6-10-18-33)28-32-16-15-19-37(29-32)50-51(44(2,3)4,38-20-11-7-12-21-38)39-22-13-8-14-23-39/h6-27,29,31,36H,5,28,30H2,1-4H3. The fraction of sp³-hybridized carbons (Fsp3) is 0.205. The van der Waals surface area contributed by atoms with Crippen LogP contribution in [0.5, 0.6) is 5.75 Å². The smallest absolute Gasteiger partial charge is 0.319 e. The van der Waals surface area contributed by atoms with Gasteiger partial charge in [0.15, 0.2) is 5.78 Å². The molecule has 0 aliphatic carbocycles. The Hall–Kier alpha value is -5.53. The summed E-state index contributed by atoms with van der Waals surface area (Å²) >= 11 is 0. The van der Waals surface area contributed by atoms with Crippen molar-refractivity contribution in [1.29, 1.82) is 0 Å². The minimum absolute atomic E-state index is 0.0829. The SMILES string of the molecule is CCOC(=O)CC(Cc1cccc(O[Si](c2ccccc2)(c2ccccc2)C(C)(C)C)c1)C(=O)c1coc(-c2ccc(-c3ccccc3)cc2)n1. The van der Waals surface area contributed by atoms with Gasteiger partial charge in [0.25, 0.3) is 0 Å². The van der Waals surface area contributed by atoms with Crippen LogP contribution in [0.2, 0.25) is 5.04 Å². The molecule has 1 heterocycles. The summed E-state index contributed by atoms with van der Waals surface area (Å²) in [6, 6.07) is 46.8. The summed E-state index contributed by atoms with van der Waals surface area (Å²) in [6.45, 7) is 8.70. The molecule has 1 unspecified atom stereocenters. The Morgan fingerprint density at radius 1 is 0.725 bits per heavy atom. The van der Waals surface area contributed by atoms with E-state index in [1.807, 2.05) is 78.9 Å². The van der Waals surface area contributed by atoms with Gasteiger partial charge in [-0.25, -0.2) is 4.98 Å². The second kappa shape index (κ2) is 15.6. The van der Waals surface area contributed by atoms with Gasteiger partial charge in [-0.3, -0.25) is 9.59 Å². The Balaban J connectivity index is 1.28. The van der Waals surface area contributed by atoms with Gasteiger partial charge in [0.1, 0.15) is 17.7 Å². The van der Waals surface area contributed by atoms with Crippen molar-refractivity contribution in [3.8, 4) is 28.3 Å². The summed E-state index contributed by atoms with van der Waals surface area (Å²) < 4.78 is 18.3. The van der Waals surface area contributed by atoms with Crippen LogP contribution in [-0.4, -0.2) is 31.7 Å². The van der Waals surface area contributed by atoms with Gasteiger partial charge in [-0.05, 0) is 69.7 Å². The molecule has 0 N–H and O–H groups in total. The molecule has 258 valence electrons. The van der Waals surface area contributed by atoms with E-state index in [1.165, 1.54) is 16.6 Å². The number of rotatable bonds is 13. The number of carbonyl (C=O) groups excluding carboxylic acids is 2. The maximum Gasteiger partial charge on any atom is 0.319 e. The van der Waals surface area contributed by atoms with Crippen LogP contribution in [-0.2, 0) is 16.0 Å². The number of carbonyl (C=O) groups is 2. The van der Waals surface area contributed by atoms with Gasteiger partial charge in [0, 0.05) is 11.5 Å². The van der Waals surface area contributed by atoms with Crippen LogP contribution >= 0.6 is 0 Å². The zero-order valence-corrected chi connectivity index (χ0v) is 30.5. The van der Waals surface area contributed by atoms with E-state index in [0.29, 0.717) is 18.1 Å². The summed E-state index contributed by atoms with van der Waals surface area (Å²) in [5.74, 6) is -0.376. The Labute approximate surface area is 301 Å².